The second kappa shape index (κ2) is 11.3. The van der Waals surface area contributed by atoms with Crippen LogP contribution in [-0.2, 0) is 9.47 Å². The van der Waals surface area contributed by atoms with Crippen molar-refractivity contribution in [2.75, 3.05) is 26.4 Å². The summed E-state index contributed by atoms with van der Waals surface area (Å²) >= 11 is 0. The fourth-order valence-corrected chi connectivity index (χ4v) is 2.26. The van der Waals surface area contributed by atoms with Crippen LogP contribution in [0.5, 0.6) is 0 Å². The molecule has 0 saturated heterocycles. The van der Waals surface area contributed by atoms with E-state index in [1.54, 1.807) is 0 Å². The molecule has 0 aliphatic heterocycles. The summed E-state index contributed by atoms with van der Waals surface area (Å²) in [6, 6.07) is -1.00. The Balaban J connectivity index is 4.37. The normalized spacial score (nSPS) is 21.3. The average molecular weight is 336 g/mol. The van der Waals surface area contributed by atoms with Crippen LogP contribution in [0.15, 0.2) is 0 Å². The van der Waals surface area contributed by atoms with Gasteiger partial charge >= 0.3 is 0 Å². The highest BCUT2D eigenvalue weighted by Crippen LogP contribution is 2.23. The molecule has 0 rings (SSSR count). The van der Waals surface area contributed by atoms with Crippen molar-refractivity contribution in [1.29, 1.82) is 0 Å². The van der Waals surface area contributed by atoms with Crippen LogP contribution in [0.1, 0.15) is 33.6 Å². The molecule has 5 atom stereocenters. The Hall–Kier alpha value is -0.320. The maximum Gasteiger partial charge on any atom is 0.0933 e. The van der Waals surface area contributed by atoms with Gasteiger partial charge < -0.3 is 42.6 Å². The fourth-order valence-electron chi connectivity index (χ4n) is 2.26. The molecule has 0 heterocycles. The van der Waals surface area contributed by atoms with Gasteiger partial charge in [0.05, 0.1) is 38.1 Å². The van der Waals surface area contributed by atoms with Crippen molar-refractivity contribution in [3.8, 4) is 0 Å². The smallest absolute Gasteiger partial charge is 0.0933 e. The topological polar surface area (TPSA) is 163 Å². The molecular weight excluding hydrogens is 300 g/mol. The molecule has 0 fully saturated rings. The molecule has 0 amide bonds. The maximum atomic E-state index is 10.7. The van der Waals surface area contributed by atoms with Crippen molar-refractivity contribution in [2.24, 2.45) is 22.9 Å². The van der Waals surface area contributed by atoms with Gasteiger partial charge in [0.25, 0.3) is 0 Å². The molecule has 0 aromatic heterocycles. The predicted octanol–water partition coefficient (Wildman–Crippen LogP) is -1.74. The van der Waals surface area contributed by atoms with Gasteiger partial charge in [-0.3, -0.25) is 0 Å². The Labute approximate surface area is 139 Å². The molecular formula is C15H36N4O4. The lowest BCUT2D eigenvalue weighted by molar-refractivity contribution is -0.0916. The SMILES string of the molecule is CC(N)COCC(N)CC(O)(CC(N)COCC(C)N)C(C)O. The van der Waals surface area contributed by atoms with Crippen LogP contribution in [0.25, 0.3) is 0 Å². The van der Waals surface area contributed by atoms with Gasteiger partial charge in [0.15, 0.2) is 0 Å². The summed E-state index contributed by atoms with van der Waals surface area (Å²) in [5, 5.41) is 20.6. The largest absolute Gasteiger partial charge is 0.390 e. The zero-order valence-electron chi connectivity index (χ0n) is 14.6. The number of nitrogens with two attached hydrogens (primary N) is 4. The van der Waals surface area contributed by atoms with Gasteiger partial charge in [0.2, 0.25) is 0 Å². The number of aliphatic hydroxyl groups excluding tert-OH is 1. The zero-order valence-corrected chi connectivity index (χ0v) is 14.6. The summed E-state index contributed by atoms with van der Waals surface area (Å²) in [5.41, 5.74) is 21.7. The van der Waals surface area contributed by atoms with Gasteiger partial charge in [-0.1, -0.05) is 0 Å². The van der Waals surface area contributed by atoms with E-state index in [2.05, 4.69) is 0 Å². The number of hydrogen-bond acceptors (Lipinski definition) is 8. The van der Waals surface area contributed by atoms with Crippen LogP contribution < -0.4 is 22.9 Å². The second-order valence-corrected chi connectivity index (χ2v) is 6.74. The van der Waals surface area contributed by atoms with E-state index in [1.165, 1.54) is 6.92 Å². The Morgan fingerprint density at radius 3 is 1.39 bits per heavy atom. The van der Waals surface area contributed by atoms with Crippen LogP contribution in [0.3, 0.4) is 0 Å². The van der Waals surface area contributed by atoms with E-state index in [0.29, 0.717) is 13.2 Å². The van der Waals surface area contributed by atoms with Gasteiger partial charge in [-0.2, -0.15) is 0 Å². The molecule has 5 unspecified atom stereocenters. The van der Waals surface area contributed by atoms with Crippen LogP contribution >= 0.6 is 0 Å². The molecule has 0 bridgehead atoms. The van der Waals surface area contributed by atoms with Gasteiger partial charge in [-0.05, 0) is 33.6 Å². The third kappa shape index (κ3) is 11.0. The third-order valence-electron chi connectivity index (χ3n) is 3.43. The van der Waals surface area contributed by atoms with Crippen LogP contribution in [-0.4, -0.2) is 72.5 Å². The van der Waals surface area contributed by atoms with E-state index >= 15 is 0 Å². The summed E-state index contributed by atoms with van der Waals surface area (Å²) in [6.45, 7) is 6.49. The number of hydrogen-bond donors (Lipinski definition) is 6. The monoisotopic (exact) mass is 336 g/mol. The van der Waals surface area contributed by atoms with E-state index in [9.17, 15) is 10.2 Å². The lowest BCUT2D eigenvalue weighted by Crippen LogP contribution is -2.51. The van der Waals surface area contributed by atoms with Crippen LogP contribution in [0.2, 0.25) is 0 Å². The molecule has 0 radical (unpaired) electrons. The summed E-state index contributed by atoms with van der Waals surface area (Å²) < 4.78 is 10.7. The van der Waals surface area contributed by atoms with Crippen molar-refractivity contribution in [2.45, 2.75) is 69.5 Å². The molecule has 8 heteroatoms. The van der Waals surface area contributed by atoms with Crippen molar-refractivity contribution >= 4 is 0 Å². The maximum absolute atomic E-state index is 10.7. The third-order valence-corrected chi connectivity index (χ3v) is 3.43. The van der Waals surface area contributed by atoms with E-state index in [0.717, 1.165) is 0 Å². The van der Waals surface area contributed by atoms with Crippen molar-refractivity contribution in [1.82, 2.24) is 0 Å². The summed E-state index contributed by atoms with van der Waals surface area (Å²) in [5.74, 6) is 0. The van der Waals surface area contributed by atoms with Crippen LogP contribution in [0, 0.1) is 0 Å². The molecule has 0 aliphatic rings. The minimum Gasteiger partial charge on any atom is -0.390 e. The zero-order chi connectivity index (χ0) is 18.0. The molecule has 10 N–H and O–H groups in total. The Bertz CT molecular complexity index is 281. The summed E-state index contributed by atoms with van der Waals surface area (Å²) in [4.78, 5) is 0. The minimum atomic E-state index is -1.39. The molecule has 0 aromatic carbocycles. The minimum absolute atomic E-state index is 0.0756. The lowest BCUT2D eigenvalue weighted by Gasteiger charge is -2.35. The quantitative estimate of drug-likeness (QED) is 0.231. The first-order valence-electron chi connectivity index (χ1n) is 8.15. The van der Waals surface area contributed by atoms with E-state index in [-0.39, 0.29) is 38.1 Å². The first kappa shape index (κ1) is 22.7. The van der Waals surface area contributed by atoms with Crippen molar-refractivity contribution in [3.05, 3.63) is 0 Å². The average Bonchev–Trinajstić information content (AvgIpc) is 2.36. The van der Waals surface area contributed by atoms with Gasteiger partial charge in [0, 0.05) is 24.2 Å². The number of rotatable bonds is 13. The molecule has 8 nitrogen and oxygen atoms in total. The van der Waals surface area contributed by atoms with E-state index < -0.39 is 23.8 Å². The van der Waals surface area contributed by atoms with E-state index in [1.807, 2.05) is 13.8 Å². The Morgan fingerprint density at radius 2 is 1.13 bits per heavy atom. The van der Waals surface area contributed by atoms with Crippen LogP contribution in [0.4, 0.5) is 0 Å². The Kier molecular flexibility index (Phi) is 11.1. The Morgan fingerprint density at radius 1 is 0.783 bits per heavy atom. The van der Waals surface area contributed by atoms with Gasteiger partial charge in [0.1, 0.15) is 0 Å². The number of aliphatic hydroxyl groups is 2. The van der Waals surface area contributed by atoms with Crippen molar-refractivity contribution in [3.63, 3.8) is 0 Å². The second-order valence-electron chi connectivity index (χ2n) is 6.74. The first-order chi connectivity index (χ1) is 10.6. The molecule has 0 saturated carbocycles. The molecule has 0 aliphatic carbocycles. The molecule has 23 heavy (non-hydrogen) atoms. The standard InChI is InChI=1S/C15H36N4O4/c1-10(16)6-22-8-13(18)4-15(21,12(3)20)5-14(19)9-23-7-11(2)17/h10-14,20-21H,4-9,16-19H2,1-3H3. The summed E-state index contributed by atoms with van der Waals surface area (Å²) in [6.07, 6.45) is -0.628. The van der Waals surface area contributed by atoms with E-state index in [4.69, 9.17) is 32.4 Å². The predicted molar refractivity (Wildman–Crippen MR) is 90.8 cm³/mol. The number of ether oxygens (including phenoxy) is 2. The van der Waals surface area contributed by atoms with Crippen molar-refractivity contribution < 1.29 is 19.7 Å². The highest BCUT2D eigenvalue weighted by molar-refractivity contribution is 4.91. The molecule has 0 aromatic rings. The lowest BCUT2D eigenvalue weighted by atomic mass is 9.84. The van der Waals surface area contributed by atoms with Gasteiger partial charge in [-0.15, -0.1) is 0 Å². The molecule has 0 spiro atoms. The summed E-state index contributed by atoms with van der Waals surface area (Å²) in [7, 11) is 0. The fraction of sp³-hybridized carbons (Fsp3) is 1.00. The first-order valence-corrected chi connectivity index (χ1v) is 8.15. The highest BCUT2D eigenvalue weighted by atomic mass is 16.5. The molecule has 140 valence electrons. The highest BCUT2D eigenvalue weighted by Gasteiger charge is 2.36. The van der Waals surface area contributed by atoms with Gasteiger partial charge in [-0.25, -0.2) is 0 Å².